The van der Waals surface area contributed by atoms with Crippen molar-refractivity contribution in [2.24, 2.45) is 0 Å². The molecule has 0 saturated carbocycles. The zero-order chi connectivity index (χ0) is 29.7. The fraction of sp³-hybridized carbons (Fsp3) is 0.594. The van der Waals surface area contributed by atoms with Crippen molar-refractivity contribution < 1.29 is 17.9 Å². The molecule has 2 aromatic rings. The molecule has 1 saturated heterocycles. The van der Waals surface area contributed by atoms with Gasteiger partial charge in [0.15, 0.2) is 0 Å². The van der Waals surface area contributed by atoms with Crippen LogP contribution in [-0.4, -0.2) is 74.2 Å². The van der Waals surface area contributed by atoms with Crippen LogP contribution in [0.1, 0.15) is 77.7 Å². The molecular weight excluding hydrogens is 572 g/mol. The van der Waals surface area contributed by atoms with Gasteiger partial charge in [0.05, 0.1) is 6.26 Å². The summed E-state index contributed by atoms with van der Waals surface area (Å²) in [5, 5.41) is 0. The van der Waals surface area contributed by atoms with Crippen molar-refractivity contribution in [3.8, 4) is 11.5 Å². The second kappa shape index (κ2) is 18.2. The van der Waals surface area contributed by atoms with E-state index in [1.807, 2.05) is 12.1 Å². The Bertz CT molecular complexity index is 1150. The lowest BCUT2D eigenvalue weighted by Gasteiger charge is -2.41. The molecule has 1 aliphatic rings. The van der Waals surface area contributed by atoms with E-state index in [1.54, 1.807) is 24.3 Å². The SMILES string of the molecule is CCCCN(CCCC)C(=O)N(CCCC)C1CCN(Cc2ccc(Oc3ccc(NS(C)(=O)=O)cc3)cc2)CC1.Cl. The molecule has 0 bridgehead atoms. The van der Waals surface area contributed by atoms with Gasteiger partial charge in [-0.2, -0.15) is 0 Å². The minimum Gasteiger partial charge on any atom is -0.457 e. The van der Waals surface area contributed by atoms with Crippen molar-refractivity contribution in [3.05, 3.63) is 54.1 Å². The van der Waals surface area contributed by atoms with Crippen LogP contribution in [0.5, 0.6) is 11.5 Å². The highest BCUT2D eigenvalue weighted by atomic mass is 35.5. The van der Waals surface area contributed by atoms with E-state index in [-0.39, 0.29) is 18.4 Å². The number of amides is 2. The number of carbonyl (C=O) groups excluding carboxylic acids is 1. The summed E-state index contributed by atoms with van der Waals surface area (Å²) in [5.74, 6) is 1.38. The molecule has 1 aliphatic heterocycles. The van der Waals surface area contributed by atoms with Crippen LogP contribution in [0.25, 0.3) is 0 Å². The third-order valence-electron chi connectivity index (χ3n) is 7.55. The van der Waals surface area contributed by atoms with Crippen LogP contribution in [0.2, 0.25) is 0 Å². The minimum absolute atomic E-state index is 0. The maximum atomic E-state index is 13.7. The van der Waals surface area contributed by atoms with Gasteiger partial charge in [-0.15, -0.1) is 12.4 Å². The summed E-state index contributed by atoms with van der Waals surface area (Å²) in [6.45, 7) is 12.0. The van der Waals surface area contributed by atoms with Gasteiger partial charge in [0.2, 0.25) is 10.0 Å². The van der Waals surface area contributed by atoms with E-state index < -0.39 is 10.0 Å². The molecular formula is C32H51ClN4O4S. The van der Waals surface area contributed by atoms with Crippen LogP contribution < -0.4 is 9.46 Å². The molecule has 1 N–H and O–H groups in total. The summed E-state index contributed by atoms with van der Waals surface area (Å²) in [5.41, 5.74) is 1.73. The van der Waals surface area contributed by atoms with Crippen molar-refractivity contribution in [1.29, 1.82) is 0 Å². The zero-order valence-corrected chi connectivity index (χ0v) is 27.5. The molecule has 10 heteroatoms. The molecule has 1 fully saturated rings. The van der Waals surface area contributed by atoms with Crippen LogP contribution in [-0.2, 0) is 16.6 Å². The lowest BCUT2D eigenvalue weighted by Crippen LogP contribution is -2.52. The Kier molecular flexibility index (Phi) is 15.5. The molecule has 0 spiro atoms. The summed E-state index contributed by atoms with van der Waals surface area (Å²) < 4.78 is 31.2. The number of rotatable bonds is 16. The molecule has 1 heterocycles. The number of hydrogen-bond donors (Lipinski definition) is 1. The number of anilines is 1. The highest BCUT2D eigenvalue weighted by Crippen LogP contribution is 2.25. The average Bonchev–Trinajstić information content (AvgIpc) is 2.95. The zero-order valence-electron chi connectivity index (χ0n) is 25.9. The number of unbranched alkanes of at least 4 members (excludes halogenated alkanes) is 3. The van der Waals surface area contributed by atoms with Crippen molar-refractivity contribution in [2.45, 2.75) is 84.7 Å². The summed E-state index contributed by atoms with van der Waals surface area (Å²) in [6.07, 6.45) is 9.63. The third-order valence-corrected chi connectivity index (χ3v) is 8.16. The number of piperidine rings is 1. The highest BCUT2D eigenvalue weighted by Gasteiger charge is 2.30. The van der Waals surface area contributed by atoms with Gasteiger partial charge in [0.25, 0.3) is 0 Å². The van der Waals surface area contributed by atoms with E-state index in [9.17, 15) is 13.2 Å². The maximum Gasteiger partial charge on any atom is 0.320 e. The molecule has 8 nitrogen and oxygen atoms in total. The molecule has 0 unspecified atom stereocenters. The lowest BCUT2D eigenvalue weighted by molar-refractivity contribution is 0.0937. The standard InChI is InChI=1S/C32H50N4O4S.ClH/c1-5-8-21-35(22-9-6-2)32(37)36(23-10-7-3)29-19-24-34(25-20-29)26-27-11-15-30(16-12-27)40-31-17-13-28(14-18-31)33-41(4,38)39;/h11-18,29,33H,5-10,19-26H2,1-4H3;1H. The molecule has 42 heavy (non-hydrogen) atoms. The predicted molar refractivity (Wildman–Crippen MR) is 175 cm³/mol. The summed E-state index contributed by atoms with van der Waals surface area (Å²) in [6, 6.07) is 15.5. The van der Waals surface area contributed by atoms with Crippen molar-refractivity contribution in [2.75, 3.05) is 43.7 Å². The highest BCUT2D eigenvalue weighted by molar-refractivity contribution is 7.92. The molecule has 3 rings (SSSR count). The Morgan fingerprint density at radius 3 is 1.86 bits per heavy atom. The van der Waals surface area contributed by atoms with Gasteiger partial charge in [-0.05, 0) is 74.1 Å². The normalized spacial score (nSPS) is 14.2. The maximum absolute atomic E-state index is 13.7. The van der Waals surface area contributed by atoms with Gasteiger partial charge in [0.1, 0.15) is 11.5 Å². The third kappa shape index (κ3) is 12.0. The molecule has 0 atom stereocenters. The molecule has 2 aromatic carbocycles. The number of benzene rings is 2. The molecule has 236 valence electrons. The number of sulfonamides is 1. The number of halogens is 1. The Balaban J connectivity index is 0.00000616. The van der Waals surface area contributed by atoms with Gasteiger partial charge >= 0.3 is 6.03 Å². The Labute approximate surface area is 260 Å². The van der Waals surface area contributed by atoms with Crippen LogP contribution in [0.4, 0.5) is 10.5 Å². The van der Waals surface area contributed by atoms with Gasteiger partial charge in [-0.3, -0.25) is 9.62 Å². The number of hydrogen-bond acceptors (Lipinski definition) is 5. The summed E-state index contributed by atoms with van der Waals surface area (Å²) in [4.78, 5) is 20.5. The first kappa shape index (κ1) is 35.7. The fourth-order valence-electron chi connectivity index (χ4n) is 5.20. The number of nitrogens with zero attached hydrogens (tertiary/aromatic N) is 3. The van der Waals surface area contributed by atoms with Crippen LogP contribution in [0.15, 0.2) is 48.5 Å². The number of nitrogens with one attached hydrogen (secondary N) is 1. The number of likely N-dealkylation sites (tertiary alicyclic amines) is 1. The van der Waals surface area contributed by atoms with Gasteiger partial charge < -0.3 is 14.5 Å². The molecule has 2 amide bonds. The van der Waals surface area contributed by atoms with E-state index in [0.717, 1.165) is 103 Å². The number of carbonyl (C=O) groups is 1. The molecule has 0 aliphatic carbocycles. The largest absolute Gasteiger partial charge is 0.457 e. The van der Waals surface area contributed by atoms with Gasteiger partial charge in [-0.1, -0.05) is 52.2 Å². The van der Waals surface area contributed by atoms with Crippen LogP contribution in [0, 0.1) is 0 Å². The average molecular weight is 623 g/mol. The Morgan fingerprint density at radius 1 is 0.857 bits per heavy atom. The van der Waals surface area contributed by atoms with Crippen molar-refractivity contribution in [1.82, 2.24) is 14.7 Å². The van der Waals surface area contributed by atoms with Crippen LogP contribution >= 0.6 is 12.4 Å². The minimum atomic E-state index is -3.31. The smallest absolute Gasteiger partial charge is 0.320 e. The second-order valence-electron chi connectivity index (χ2n) is 11.2. The summed E-state index contributed by atoms with van der Waals surface area (Å²) in [7, 11) is -3.31. The number of ether oxygens (including phenoxy) is 1. The first-order chi connectivity index (χ1) is 19.7. The predicted octanol–water partition coefficient (Wildman–Crippen LogP) is 7.36. The van der Waals surface area contributed by atoms with Gasteiger partial charge in [0, 0.05) is 51.0 Å². The van der Waals surface area contributed by atoms with Crippen molar-refractivity contribution in [3.63, 3.8) is 0 Å². The van der Waals surface area contributed by atoms with E-state index in [1.165, 1.54) is 5.56 Å². The van der Waals surface area contributed by atoms with E-state index in [0.29, 0.717) is 17.5 Å². The molecule has 0 aromatic heterocycles. The monoisotopic (exact) mass is 622 g/mol. The first-order valence-corrected chi connectivity index (χ1v) is 17.2. The first-order valence-electron chi connectivity index (χ1n) is 15.3. The van der Waals surface area contributed by atoms with E-state index >= 15 is 0 Å². The van der Waals surface area contributed by atoms with Crippen LogP contribution in [0.3, 0.4) is 0 Å². The van der Waals surface area contributed by atoms with E-state index in [4.69, 9.17) is 4.74 Å². The quantitative estimate of drug-likeness (QED) is 0.211. The second-order valence-corrected chi connectivity index (χ2v) is 12.9. The Hall–Kier alpha value is -2.49. The summed E-state index contributed by atoms with van der Waals surface area (Å²) >= 11 is 0. The number of urea groups is 1. The van der Waals surface area contributed by atoms with Gasteiger partial charge in [-0.25, -0.2) is 13.2 Å². The fourth-order valence-corrected chi connectivity index (χ4v) is 5.76. The lowest BCUT2D eigenvalue weighted by atomic mass is 10.0. The molecule has 0 radical (unpaired) electrons. The topological polar surface area (TPSA) is 82.2 Å². The van der Waals surface area contributed by atoms with E-state index in [2.05, 4.69) is 52.3 Å². The Morgan fingerprint density at radius 2 is 1.36 bits per heavy atom. The van der Waals surface area contributed by atoms with Crippen molar-refractivity contribution >= 4 is 34.1 Å².